The fourth-order valence-corrected chi connectivity index (χ4v) is 5.43. The molecule has 12 nitrogen and oxygen atoms in total. The van der Waals surface area contributed by atoms with Crippen molar-refractivity contribution in [1.82, 2.24) is 25.8 Å². The van der Waals surface area contributed by atoms with Crippen molar-refractivity contribution in [2.45, 2.75) is 45.7 Å². The Balaban J connectivity index is 1.56. The summed E-state index contributed by atoms with van der Waals surface area (Å²) in [5.74, 6) is -1.64. The number of aryl methyl sites for hydroxylation is 2. The lowest BCUT2D eigenvalue weighted by molar-refractivity contribution is -0.142. The molecule has 3 N–H and O–H groups in total. The van der Waals surface area contributed by atoms with Crippen molar-refractivity contribution in [3.63, 3.8) is 0 Å². The van der Waals surface area contributed by atoms with Crippen molar-refractivity contribution in [2.24, 2.45) is 0 Å². The van der Waals surface area contributed by atoms with Gasteiger partial charge >= 0.3 is 0 Å². The van der Waals surface area contributed by atoms with E-state index in [-0.39, 0.29) is 50.7 Å². The number of para-hydroxylation sites is 1. The number of nitrogens with one attached hydrogen (secondary N) is 3. The van der Waals surface area contributed by atoms with Gasteiger partial charge in [-0.05, 0) is 56.5 Å². The SMILES string of the molecule is CCN1CC(=O)N(C)CC(=O)N[C@H](Cc2ccccc2)COc2ccccc2C(=O)N[C@H](C(=O)NCCOc2ccc(C)cc2C)CC1=O. The number of amides is 5. The molecule has 0 aliphatic carbocycles. The minimum Gasteiger partial charge on any atom is -0.491 e. The number of hydrogen-bond acceptors (Lipinski definition) is 7. The largest absolute Gasteiger partial charge is 0.491 e. The number of carbonyl (C=O) groups is 5. The van der Waals surface area contributed by atoms with E-state index in [2.05, 4.69) is 16.0 Å². The Kier molecular flexibility index (Phi) is 13.1. The molecule has 5 amide bonds. The molecule has 260 valence electrons. The summed E-state index contributed by atoms with van der Waals surface area (Å²) >= 11 is 0. The van der Waals surface area contributed by atoms with Gasteiger partial charge in [0.25, 0.3) is 5.91 Å². The number of fused-ring (bicyclic) bond motifs is 1. The predicted molar refractivity (Wildman–Crippen MR) is 184 cm³/mol. The molecule has 1 aliphatic heterocycles. The predicted octanol–water partition coefficient (Wildman–Crippen LogP) is 2.41. The van der Waals surface area contributed by atoms with Crippen LogP contribution >= 0.6 is 0 Å². The molecule has 3 aromatic rings. The van der Waals surface area contributed by atoms with Crippen molar-refractivity contribution >= 4 is 29.5 Å². The molecule has 0 spiro atoms. The second-order valence-corrected chi connectivity index (χ2v) is 12.1. The molecule has 4 rings (SSSR count). The molecule has 49 heavy (non-hydrogen) atoms. The van der Waals surface area contributed by atoms with Crippen LogP contribution in [0.5, 0.6) is 11.5 Å². The first-order valence-electron chi connectivity index (χ1n) is 16.4. The van der Waals surface area contributed by atoms with E-state index < -0.39 is 48.0 Å². The van der Waals surface area contributed by atoms with E-state index in [4.69, 9.17) is 9.47 Å². The van der Waals surface area contributed by atoms with Gasteiger partial charge in [-0.15, -0.1) is 0 Å². The zero-order valence-corrected chi connectivity index (χ0v) is 28.5. The molecule has 0 radical (unpaired) electrons. The van der Waals surface area contributed by atoms with Crippen LogP contribution in [0.4, 0.5) is 0 Å². The van der Waals surface area contributed by atoms with Crippen LogP contribution < -0.4 is 25.4 Å². The van der Waals surface area contributed by atoms with Crippen molar-refractivity contribution < 1.29 is 33.4 Å². The summed E-state index contributed by atoms with van der Waals surface area (Å²) in [4.78, 5) is 69.3. The summed E-state index contributed by atoms with van der Waals surface area (Å²) in [5.41, 5.74) is 3.18. The van der Waals surface area contributed by atoms with Gasteiger partial charge in [0, 0.05) is 13.6 Å². The maximum absolute atomic E-state index is 13.7. The molecular weight excluding hydrogens is 626 g/mol. The quantitative estimate of drug-likeness (QED) is 0.312. The van der Waals surface area contributed by atoms with Crippen molar-refractivity contribution in [2.75, 3.05) is 46.4 Å². The number of benzene rings is 3. The highest BCUT2D eigenvalue weighted by Crippen LogP contribution is 2.20. The first kappa shape index (κ1) is 36.4. The highest BCUT2D eigenvalue weighted by atomic mass is 16.5. The van der Waals surface area contributed by atoms with Crippen LogP contribution in [0.25, 0.3) is 0 Å². The summed E-state index contributed by atoms with van der Waals surface area (Å²) in [6.45, 7) is 5.58. The van der Waals surface area contributed by atoms with Gasteiger partial charge in [0.05, 0.1) is 37.7 Å². The van der Waals surface area contributed by atoms with Crippen molar-refractivity contribution in [1.29, 1.82) is 0 Å². The minimum atomic E-state index is -1.26. The number of likely N-dealkylation sites (N-methyl/N-ethyl adjacent to an activating group) is 2. The zero-order chi connectivity index (χ0) is 35.3. The van der Waals surface area contributed by atoms with Crippen LogP contribution in [0, 0.1) is 13.8 Å². The van der Waals surface area contributed by atoms with Gasteiger partial charge in [-0.2, -0.15) is 0 Å². The van der Waals surface area contributed by atoms with Gasteiger partial charge < -0.3 is 35.2 Å². The highest BCUT2D eigenvalue weighted by molar-refractivity contribution is 6.01. The summed E-state index contributed by atoms with van der Waals surface area (Å²) in [5, 5.41) is 8.42. The minimum absolute atomic E-state index is 0.0229. The van der Waals surface area contributed by atoms with Crippen LogP contribution in [-0.2, 0) is 25.6 Å². The fourth-order valence-electron chi connectivity index (χ4n) is 5.43. The summed E-state index contributed by atoms with van der Waals surface area (Å²) in [6, 6.07) is 20.2. The molecule has 0 saturated heterocycles. The van der Waals surface area contributed by atoms with Crippen molar-refractivity contribution in [3.05, 3.63) is 95.1 Å². The molecule has 12 heteroatoms. The zero-order valence-electron chi connectivity index (χ0n) is 28.5. The summed E-state index contributed by atoms with van der Waals surface area (Å²) in [6.07, 6.45) is 0.0369. The number of hydrogen-bond donors (Lipinski definition) is 3. The first-order valence-corrected chi connectivity index (χ1v) is 16.4. The van der Waals surface area contributed by atoms with E-state index in [1.165, 1.54) is 16.8 Å². The third-order valence-corrected chi connectivity index (χ3v) is 8.12. The second kappa shape index (κ2) is 17.7. The van der Waals surface area contributed by atoms with Crippen LogP contribution in [0.1, 0.15) is 40.4 Å². The van der Waals surface area contributed by atoms with Gasteiger partial charge in [-0.1, -0.05) is 60.2 Å². The number of carbonyl (C=O) groups excluding carboxylic acids is 5. The van der Waals surface area contributed by atoms with Gasteiger partial charge in [0.1, 0.15) is 30.8 Å². The average molecular weight is 672 g/mol. The highest BCUT2D eigenvalue weighted by Gasteiger charge is 2.29. The Hall–Kier alpha value is -5.39. The Bertz CT molecular complexity index is 1630. The fraction of sp³-hybridized carbons (Fsp3) is 0.378. The lowest BCUT2D eigenvalue weighted by Gasteiger charge is -2.26. The molecule has 0 bridgehead atoms. The maximum atomic E-state index is 13.7. The van der Waals surface area contributed by atoms with E-state index in [1.807, 2.05) is 62.4 Å². The Morgan fingerprint density at radius 1 is 0.939 bits per heavy atom. The molecule has 0 fully saturated rings. The van der Waals surface area contributed by atoms with E-state index in [1.54, 1.807) is 31.2 Å². The topological polar surface area (TPSA) is 146 Å². The lowest BCUT2D eigenvalue weighted by atomic mass is 10.1. The molecule has 0 aromatic heterocycles. The third-order valence-electron chi connectivity index (χ3n) is 8.12. The monoisotopic (exact) mass is 671 g/mol. The average Bonchev–Trinajstić information content (AvgIpc) is 3.08. The second-order valence-electron chi connectivity index (χ2n) is 12.1. The van der Waals surface area contributed by atoms with E-state index in [0.717, 1.165) is 16.7 Å². The molecule has 0 saturated carbocycles. The van der Waals surface area contributed by atoms with Gasteiger partial charge in [0.15, 0.2) is 0 Å². The van der Waals surface area contributed by atoms with Crippen LogP contribution in [0.2, 0.25) is 0 Å². The van der Waals surface area contributed by atoms with E-state index in [0.29, 0.717) is 12.2 Å². The van der Waals surface area contributed by atoms with Gasteiger partial charge in [-0.25, -0.2) is 0 Å². The lowest BCUT2D eigenvalue weighted by Crippen LogP contribution is -2.51. The third kappa shape index (κ3) is 10.8. The summed E-state index contributed by atoms with van der Waals surface area (Å²) in [7, 11) is 1.49. The van der Waals surface area contributed by atoms with Crippen LogP contribution in [0.15, 0.2) is 72.8 Å². The molecule has 0 unspecified atom stereocenters. The van der Waals surface area contributed by atoms with E-state index >= 15 is 0 Å². The Morgan fingerprint density at radius 2 is 1.67 bits per heavy atom. The first-order chi connectivity index (χ1) is 23.5. The van der Waals surface area contributed by atoms with Gasteiger partial charge in [0.2, 0.25) is 23.6 Å². The number of rotatable bonds is 8. The van der Waals surface area contributed by atoms with Gasteiger partial charge in [-0.3, -0.25) is 24.0 Å². The van der Waals surface area contributed by atoms with Crippen molar-refractivity contribution in [3.8, 4) is 11.5 Å². The molecular formula is C37H45N5O7. The maximum Gasteiger partial charge on any atom is 0.255 e. The summed E-state index contributed by atoms with van der Waals surface area (Å²) < 4.78 is 11.9. The number of nitrogens with zero attached hydrogens (tertiary/aromatic N) is 2. The molecule has 3 aromatic carbocycles. The standard InChI is InChI=1S/C37H45N5O7/c1-5-42-23-35(45)41(4)22-33(43)39-28(20-27-11-7-6-8-12-27)24-49-32-14-10-9-13-29(32)36(46)40-30(21-34(42)44)37(47)38-17-18-48-31-16-15-25(2)19-26(31)3/h6-16,19,28,30H,5,17-18,20-24H2,1-4H3,(H,38,47)(H,39,43)(H,40,46)/t28-,30+/m1/s1. The number of ether oxygens (including phenoxy) is 2. The van der Waals surface area contributed by atoms with E-state index in [9.17, 15) is 24.0 Å². The molecule has 1 heterocycles. The normalized spacial score (nSPS) is 18.0. The molecule has 2 atom stereocenters. The van der Waals surface area contributed by atoms with Crippen LogP contribution in [-0.4, -0.2) is 97.9 Å². The smallest absolute Gasteiger partial charge is 0.255 e. The Morgan fingerprint density at radius 3 is 2.41 bits per heavy atom. The molecule has 1 aliphatic rings. The Labute approximate surface area is 287 Å². The van der Waals surface area contributed by atoms with Crippen LogP contribution in [0.3, 0.4) is 0 Å².